The lowest BCUT2D eigenvalue weighted by Crippen LogP contribution is -2.54. The fourth-order valence-electron chi connectivity index (χ4n) is 18.5. The van der Waals surface area contributed by atoms with Gasteiger partial charge in [0, 0.05) is 88.4 Å². The van der Waals surface area contributed by atoms with Crippen LogP contribution in [0.3, 0.4) is 0 Å². The highest BCUT2D eigenvalue weighted by molar-refractivity contribution is 6.05. The molecule has 0 bridgehead atoms. The number of aromatic nitrogens is 4. The quantitative estimate of drug-likeness (QED) is 0.0256. The Bertz CT molecular complexity index is 4840. The number of allylic oxidation sites excluding steroid dienone is 2. The summed E-state index contributed by atoms with van der Waals surface area (Å²) in [6, 6.07) is 30.7. The van der Waals surface area contributed by atoms with Crippen LogP contribution in [0, 0.1) is 29.6 Å². The topological polar surface area (TPSA) is 377 Å². The fourth-order valence-corrected chi connectivity index (χ4v) is 18.5. The highest BCUT2D eigenvalue weighted by Crippen LogP contribution is 2.44. The molecule has 10 aliphatic rings. The van der Waals surface area contributed by atoms with Crippen molar-refractivity contribution in [3.8, 4) is 44.8 Å². The first-order chi connectivity index (χ1) is 59.5. The molecule has 664 valence electrons. The molecule has 7 saturated heterocycles. The Balaban J connectivity index is 0.000000185. The van der Waals surface area contributed by atoms with E-state index < -0.39 is 65.8 Å². The second-order valence-electron chi connectivity index (χ2n) is 33.8. The number of hydrogen-bond acceptors (Lipinski definition) is 22. The molecule has 31 nitrogen and oxygen atoms in total. The Hall–Kier alpha value is -11.0. The van der Waals surface area contributed by atoms with E-state index in [9.17, 15) is 38.4 Å². The number of nitrogens with one attached hydrogen (secondary N) is 5. The Morgan fingerprint density at radius 2 is 0.863 bits per heavy atom. The number of alkyl carbamates (subject to hydrolysis) is 3. The van der Waals surface area contributed by atoms with Gasteiger partial charge in [0.15, 0.2) is 11.6 Å². The lowest BCUT2D eigenvalue weighted by Gasteiger charge is -2.34. The van der Waals surface area contributed by atoms with Crippen LogP contribution in [-0.4, -0.2) is 242 Å². The number of H-pyrrole nitrogens is 2. The number of imidazole rings is 2. The summed E-state index contributed by atoms with van der Waals surface area (Å²) in [5.41, 5.74) is 14.4. The largest absolute Gasteiger partial charge is 0.481 e. The van der Waals surface area contributed by atoms with Crippen molar-refractivity contribution < 1.29 is 90.8 Å². The molecule has 9 aliphatic heterocycles. The third-order valence-corrected chi connectivity index (χ3v) is 25.4. The van der Waals surface area contributed by atoms with Crippen molar-refractivity contribution in [3.63, 3.8) is 0 Å². The number of hydrogen-bond donors (Lipinski definition) is 6. The van der Waals surface area contributed by atoms with E-state index in [2.05, 4.69) is 133 Å². The molecule has 8 fully saturated rings. The maximum Gasteiger partial charge on any atom is 0.407 e. The van der Waals surface area contributed by atoms with E-state index >= 15 is 0 Å². The molecule has 124 heavy (non-hydrogen) atoms. The molecule has 6 N–H and O–H groups in total. The summed E-state index contributed by atoms with van der Waals surface area (Å²) in [6.45, 7) is 12.8. The number of likely N-dealkylation sites (tertiary alicyclic amines) is 3. The van der Waals surface area contributed by atoms with E-state index in [4.69, 9.17) is 62.7 Å². The summed E-state index contributed by atoms with van der Waals surface area (Å²) >= 11 is 0. The average molecular weight is 1710 g/mol. The van der Waals surface area contributed by atoms with Crippen molar-refractivity contribution in [1.29, 1.82) is 0 Å². The third-order valence-electron chi connectivity index (χ3n) is 25.4. The molecule has 0 radical (unpaired) electrons. The van der Waals surface area contributed by atoms with Crippen LogP contribution in [0.25, 0.3) is 55.9 Å². The van der Waals surface area contributed by atoms with Crippen LogP contribution in [-0.2, 0) is 71.3 Å². The number of aliphatic imine (C=N–C) groups is 2. The summed E-state index contributed by atoms with van der Waals surface area (Å²) in [5, 5.41) is 17.3. The number of methoxy groups -OCH3 is 4. The standard InChI is InChI=1S/C45H55N7O9.C37H43N5O5.C10H16O5.CH4/c1-27(2)38(49-43(55)57-3)41(53)52-26-45(60-20-21-61-45)23-37(52)34-22-33(24-46-34)30-9-7-28(8-10-30)29-11-13-31(14-12-29)35-25-47-40(48-35)36-6-5-17-51(36)42(54)39(50-44(56)58-4)32-15-18-59-19-16-32;1-23(2)33(41-36(44)45-3)35(43)42-22-37(46-16-17-47-37)19-32(42)30-18-29(20-38-30)26-10-8-24(9-11-26)25-12-14-27(15-13-25)31-21-39-34(40-31)28-6-4-5-7-28;1-14-9(11)6-8(10(12)13)7-2-4-15-5-3-7;/h7-14,24-25,27,32,36-39H,5-6,15-23,26H2,1-4H3,(H,47,48)(H,49,55)(H,50,56);8-15,20-21,23,28,32-33H,4-7,16-19,22H2,1-3H3,(H,39,40)(H,41,44);7-8H,2-6H2,1H3,(H,12,13);1H4/t36-,37-,38-,39-;32-,33-;8-;/m000./s1. The molecular formula is C93H118N12O19. The van der Waals surface area contributed by atoms with Gasteiger partial charge in [-0.1, -0.05) is 145 Å². The zero-order valence-corrected chi connectivity index (χ0v) is 71.3. The highest BCUT2D eigenvalue weighted by Gasteiger charge is 2.55. The zero-order chi connectivity index (χ0) is 86.5. The van der Waals surface area contributed by atoms with Gasteiger partial charge < -0.3 is 93.1 Å². The van der Waals surface area contributed by atoms with Crippen LogP contribution in [0.4, 0.5) is 14.4 Å². The first kappa shape index (κ1) is 90.8. The minimum absolute atomic E-state index is 0. The van der Waals surface area contributed by atoms with Gasteiger partial charge in [0.1, 0.15) is 29.8 Å². The Morgan fingerprint density at radius 3 is 1.27 bits per heavy atom. The maximum atomic E-state index is 14.0. The number of benzene rings is 4. The van der Waals surface area contributed by atoms with Crippen LogP contribution in [0.1, 0.15) is 166 Å². The summed E-state index contributed by atoms with van der Waals surface area (Å²) in [4.78, 5) is 132. The lowest BCUT2D eigenvalue weighted by molar-refractivity contribution is -0.153. The van der Waals surface area contributed by atoms with Gasteiger partial charge in [0.05, 0.1) is 122 Å². The lowest BCUT2D eigenvalue weighted by atomic mass is 9.84. The Kier molecular flexibility index (Phi) is 30.2. The first-order valence-electron chi connectivity index (χ1n) is 43.0. The molecule has 11 heterocycles. The Morgan fingerprint density at radius 1 is 0.468 bits per heavy atom. The van der Waals surface area contributed by atoms with Gasteiger partial charge in [-0.3, -0.25) is 34.0 Å². The summed E-state index contributed by atoms with van der Waals surface area (Å²) < 4.78 is 53.8. The van der Waals surface area contributed by atoms with Crippen LogP contribution < -0.4 is 16.0 Å². The molecule has 2 aromatic heterocycles. The number of nitrogens with zero attached hydrogens (tertiary/aromatic N) is 7. The van der Waals surface area contributed by atoms with Crippen LogP contribution >= 0.6 is 0 Å². The minimum atomic E-state index is -0.924. The third kappa shape index (κ3) is 21.2. The van der Waals surface area contributed by atoms with E-state index in [1.807, 2.05) is 57.4 Å². The number of carbonyl (C=O) groups is 8. The normalized spacial score (nSPS) is 21.4. The number of esters is 1. The summed E-state index contributed by atoms with van der Waals surface area (Å²) in [5.74, 6) is -2.23. The molecule has 6 aromatic rings. The van der Waals surface area contributed by atoms with Crippen molar-refractivity contribution >= 4 is 70.5 Å². The fraction of sp³-hybridized carbons (Fsp3) is 0.527. The number of aliphatic carboxylic acids is 1. The van der Waals surface area contributed by atoms with Crippen molar-refractivity contribution in [3.05, 3.63) is 145 Å². The monoisotopic (exact) mass is 1710 g/mol. The number of carbonyl (C=O) groups excluding carboxylic acids is 7. The van der Waals surface area contributed by atoms with Gasteiger partial charge >= 0.3 is 30.2 Å². The molecule has 7 atom stereocenters. The number of carboxylic acid groups (broad SMARTS) is 1. The van der Waals surface area contributed by atoms with Crippen molar-refractivity contribution in [2.24, 2.45) is 39.6 Å². The van der Waals surface area contributed by atoms with Gasteiger partial charge in [0.25, 0.3) is 0 Å². The van der Waals surface area contributed by atoms with Gasteiger partial charge in [-0.05, 0) is 131 Å². The van der Waals surface area contributed by atoms with Crippen molar-refractivity contribution in [2.45, 2.75) is 185 Å². The van der Waals surface area contributed by atoms with E-state index in [0.29, 0.717) is 117 Å². The van der Waals surface area contributed by atoms with E-state index in [1.54, 1.807) is 9.80 Å². The number of ether oxygens (including phenoxy) is 10. The van der Waals surface area contributed by atoms with Gasteiger partial charge in [-0.2, -0.15) is 0 Å². The summed E-state index contributed by atoms with van der Waals surface area (Å²) in [6.07, 6.45) is 17.2. The molecule has 31 heteroatoms. The van der Waals surface area contributed by atoms with E-state index in [1.165, 1.54) is 54.1 Å². The summed E-state index contributed by atoms with van der Waals surface area (Å²) in [7, 11) is 5.15. The second kappa shape index (κ2) is 41.2. The van der Waals surface area contributed by atoms with Gasteiger partial charge in [0.2, 0.25) is 17.7 Å². The first-order valence-corrected chi connectivity index (χ1v) is 43.0. The smallest absolute Gasteiger partial charge is 0.407 e. The Labute approximate surface area is 723 Å². The molecule has 1 saturated carbocycles. The van der Waals surface area contributed by atoms with Gasteiger partial charge in [-0.15, -0.1) is 0 Å². The molecule has 2 spiro atoms. The van der Waals surface area contributed by atoms with E-state index in [-0.39, 0.29) is 86.5 Å². The van der Waals surface area contributed by atoms with Crippen LogP contribution in [0.15, 0.2) is 132 Å². The number of aromatic amines is 2. The molecular weight excluding hydrogens is 1590 g/mol. The van der Waals surface area contributed by atoms with E-state index in [0.717, 1.165) is 103 Å². The molecule has 1 aliphatic carbocycles. The number of carboxylic acids is 1. The molecule has 4 aromatic carbocycles. The second-order valence-corrected chi connectivity index (χ2v) is 33.8. The molecule has 6 amide bonds. The van der Waals surface area contributed by atoms with Crippen LogP contribution in [0.2, 0.25) is 0 Å². The molecule has 0 unspecified atom stereocenters. The minimum Gasteiger partial charge on any atom is -0.481 e. The number of rotatable bonds is 23. The predicted molar refractivity (Wildman–Crippen MR) is 463 cm³/mol. The van der Waals surface area contributed by atoms with Crippen molar-refractivity contribution in [2.75, 3.05) is 101 Å². The average Bonchev–Trinajstić information content (AvgIpc) is 1.61. The van der Waals surface area contributed by atoms with Crippen molar-refractivity contribution in [1.82, 2.24) is 50.6 Å². The van der Waals surface area contributed by atoms with Crippen LogP contribution in [0.5, 0.6) is 0 Å². The number of amides is 6. The predicted octanol–water partition coefficient (Wildman–Crippen LogP) is 13.1. The zero-order valence-electron chi connectivity index (χ0n) is 71.3. The van der Waals surface area contributed by atoms with Gasteiger partial charge in [-0.25, -0.2) is 24.4 Å². The SMILES string of the molecule is C.COC(=O)C[C@H](C(=O)O)C1CCOCC1.COC(=O)N[C@H](C(=O)N1CC2(C[C@H]1C1=NC=C(c3ccc(-c4ccc(-c5cnc(C6CCCC6)[nH]5)cc4)cc3)C1)OCCO2)C(C)C.COC(=O)N[C@H](C(=O)N1CC2(C[C@H]1C1=NC=C(c3ccc(-c4ccc(-c5cnc([C@@H]6CCCN6C(=O)[C@@H](NC(=O)OC)C6CCOCC6)[nH]5)cc4)cc3)C1)OCCO2)C(C)C. The highest BCUT2D eigenvalue weighted by atomic mass is 16.7. The maximum absolute atomic E-state index is 14.0. The molecule has 16 rings (SSSR count).